The van der Waals surface area contributed by atoms with Crippen LogP contribution >= 0.6 is 11.6 Å². The van der Waals surface area contributed by atoms with E-state index in [1.165, 1.54) is 0 Å². The van der Waals surface area contributed by atoms with Crippen LogP contribution in [0.5, 0.6) is 0 Å². The third kappa shape index (κ3) is 4.43. The number of nitrogens with zero attached hydrogens (tertiary/aromatic N) is 3. The van der Waals surface area contributed by atoms with Gasteiger partial charge in [-0.3, -0.25) is 4.79 Å². The summed E-state index contributed by atoms with van der Waals surface area (Å²) in [5, 5.41) is 4.61. The summed E-state index contributed by atoms with van der Waals surface area (Å²) in [4.78, 5) is 16.8. The highest BCUT2D eigenvalue weighted by Crippen LogP contribution is 2.49. The highest BCUT2D eigenvalue weighted by atomic mass is 35.5. The zero-order valence-electron chi connectivity index (χ0n) is 19.7. The molecule has 0 aliphatic carbocycles. The number of para-hydroxylation sites is 1. The summed E-state index contributed by atoms with van der Waals surface area (Å²) in [6.07, 6.45) is 0.736. The molecule has 0 radical (unpaired) electrons. The summed E-state index contributed by atoms with van der Waals surface area (Å²) in [5.74, 6) is 0.110. The molecular formula is C28H32ClN3O. The molecule has 5 heteroatoms. The van der Waals surface area contributed by atoms with Crippen molar-refractivity contribution >= 4 is 23.2 Å². The van der Waals surface area contributed by atoms with Gasteiger partial charge in [0.25, 0.3) is 5.91 Å². The van der Waals surface area contributed by atoms with E-state index in [0.717, 1.165) is 48.4 Å². The Bertz CT molecular complexity index is 1080. The summed E-state index contributed by atoms with van der Waals surface area (Å²) in [7, 11) is 1.98. The highest BCUT2D eigenvalue weighted by Gasteiger charge is 2.52. The van der Waals surface area contributed by atoms with Gasteiger partial charge in [0.1, 0.15) is 5.41 Å². The minimum Gasteiger partial charge on any atom is -0.304 e. The van der Waals surface area contributed by atoms with E-state index in [9.17, 15) is 4.79 Å². The molecule has 4 rings (SSSR count). The lowest BCUT2D eigenvalue weighted by molar-refractivity contribution is -0.125. The first-order chi connectivity index (χ1) is 16.0. The van der Waals surface area contributed by atoms with E-state index in [-0.39, 0.29) is 5.91 Å². The molecule has 0 N–H and O–H groups in total. The molecule has 0 saturated carbocycles. The Balaban J connectivity index is 1.77. The van der Waals surface area contributed by atoms with Gasteiger partial charge in [0.15, 0.2) is 0 Å². The lowest BCUT2D eigenvalue weighted by Gasteiger charge is -2.34. The maximum atomic E-state index is 14.4. The van der Waals surface area contributed by atoms with Gasteiger partial charge in [-0.05, 0) is 60.9 Å². The van der Waals surface area contributed by atoms with Crippen LogP contribution in [0.15, 0.2) is 78.9 Å². The van der Waals surface area contributed by atoms with Crippen molar-refractivity contribution in [3.8, 4) is 0 Å². The number of carbonyl (C=O) groups is 1. The smallest absolute Gasteiger partial charge is 0.256 e. The predicted molar refractivity (Wildman–Crippen MR) is 136 cm³/mol. The lowest BCUT2D eigenvalue weighted by Crippen LogP contribution is -2.49. The number of amides is 1. The molecule has 1 amide bonds. The Morgan fingerprint density at radius 1 is 0.879 bits per heavy atom. The number of halogens is 1. The minimum absolute atomic E-state index is 0.110. The summed E-state index contributed by atoms with van der Waals surface area (Å²) >= 11 is 6.07. The maximum absolute atomic E-state index is 14.4. The molecule has 4 nitrogen and oxygen atoms in total. The van der Waals surface area contributed by atoms with Gasteiger partial charge in [-0.1, -0.05) is 86.1 Å². The van der Waals surface area contributed by atoms with Gasteiger partial charge >= 0.3 is 0 Å². The summed E-state index contributed by atoms with van der Waals surface area (Å²) in [6.45, 7) is 7.76. The first-order valence-corrected chi connectivity index (χ1v) is 12.1. The zero-order valence-corrected chi connectivity index (χ0v) is 20.4. The fourth-order valence-corrected chi connectivity index (χ4v) is 5.07. The van der Waals surface area contributed by atoms with Crippen LogP contribution < -0.4 is 5.01 Å². The van der Waals surface area contributed by atoms with Crippen molar-refractivity contribution in [3.05, 3.63) is 101 Å². The molecule has 0 spiro atoms. The van der Waals surface area contributed by atoms with Gasteiger partial charge in [-0.15, -0.1) is 0 Å². The fourth-order valence-electron chi connectivity index (χ4n) is 4.94. The number of anilines is 1. The van der Waals surface area contributed by atoms with E-state index >= 15 is 0 Å². The molecule has 0 fully saturated rings. The van der Waals surface area contributed by atoms with Crippen molar-refractivity contribution in [2.75, 3.05) is 31.7 Å². The minimum atomic E-state index is -0.714. The van der Waals surface area contributed by atoms with Crippen LogP contribution in [-0.4, -0.2) is 42.5 Å². The third-order valence-corrected chi connectivity index (χ3v) is 7.03. The van der Waals surface area contributed by atoms with Gasteiger partial charge in [-0.2, -0.15) is 0 Å². The third-order valence-electron chi connectivity index (χ3n) is 6.78. The van der Waals surface area contributed by atoms with Crippen molar-refractivity contribution in [2.45, 2.75) is 32.2 Å². The molecule has 1 atom stereocenters. The molecule has 0 bridgehead atoms. The van der Waals surface area contributed by atoms with Gasteiger partial charge in [-0.25, -0.2) is 10.0 Å². The second-order valence-corrected chi connectivity index (χ2v) is 9.06. The van der Waals surface area contributed by atoms with Gasteiger partial charge < -0.3 is 4.90 Å². The van der Waals surface area contributed by atoms with Gasteiger partial charge in [0.05, 0.1) is 5.69 Å². The fraction of sp³-hybridized carbons (Fsp3) is 0.321. The first-order valence-electron chi connectivity index (χ1n) is 11.7. The molecule has 3 aromatic carbocycles. The van der Waals surface area contributed by atoms with Crippen molar-refractivity contribution in [1.82, 2.24) is 9.91 Å². The van der Waals surface area contributed by atoms with Gasteiger partial charge in [0, 0.05) is 18.6 Å². The van der Waals surface area contributed by atoms with Crippen LogP contribution in [0.3, 0.4) is 0 Å². The lowest BCUT2D eigenvalue weighted by atomic mass is 9.72. The first kappa shape index (κ1) is 23.5. The Morgan fingerprint density at radius 3 is 2.18 bits per heavy atom. The van der Waals surface area contributed by atoms with Crippen molar-refractivity contribution < 1.29 is 4.79 Å². The molecule has 0 saturated heterocycles. The average Bonchev–Trinajstić information content (AvgIpc) is 3.10. The van der Waals surface area contributed by atoms with Crippen molar-refractivity contribution in [3.63, 3.8) is 0 Å². The Labute approximate surface area is 202 Å². The monoisotopic (exact) mass is 461 g/mol. The second kappa shape index (κ2) is 10.1. The van der Waals surface area contributed by atoms with E-state index in [2.05, 4.69) is 43.0 Å². The summed E-state index contributed by atoms with van der Waals surface area (Å²) < 4.78 is 0. The van der Waals surface area contributed by atoms with Crippen LogP contribution in [0, 0.1) is 0 Å². The van der Waals surface area contributed by atoms with Crippen molar-refractivity contribution in [1.29, 1.82) is 0 Å². The molecule has 1 aliphatic heterocycles. The number of hydrazine groups is 1. The topological polar surface area (TPSA) is 26.8 Å². The molecular weight excluding hydrogens is 430 g/mol. The highest BCUT2D eigenvalue weighted by molar-refractivity contribution is 6.30. The van der Waals surface area contributed by atoms with E-state index in [1.54, 1.807) is 0 Å². The zero-order chi connectivity index (χ0) is 23.4. The standard InChI is InChI=1S/C28H32ClN3O/c1-4-31(5-2)20-19-28(23-11-7-6-8-12-23)25-13-9-10-14-26(25)32(27(28)33)30(3)21-22-15-17-24(29)18-16-22/h6-18H,4-5,19-21H2,1-3H3/t28-/m0/s1. The maximum Gasteiger partial charge on any atom is 0.256 e. The van der Waals surface area contributed by atoms with Crippen LogP contribution in [-0.2, 0) is 16.8 Å². The van der Waals surface area contributed by atoms with Gasteiger partial charge in [0.2, 0.25) is 0 Å². The number of hydrogen-bond donors (Lipinski definition) is 0. The van der Waals surface area contributed by atoms with Crippen molar-refractivity contribution in [2.24, 2.45) is 0 Å². The molecule has 33 heavy (non-hydrogen) atoms. The second-order valence-electron chi connectivity index (χ2n) is 8.62. The number of hydrogen-bond acceptors (Lipinski definition) is 3. The molecule has 1 aliphatic rings. The van der Waals surface area contributed by atoms with Crippen LogP contribution in [0.1, 0.15) is 37.0 Å². The van der Waals surface area contributed by atoms with E-state index in [0.29, 0.717) is 11.6 Å². The molecule has 3 aromatic rings. The number of benzene rings is 3. The Hall–Kier alpha value is -2.66. The average molecular weight is 462 g/mol. The van der Waals surface area contributed by atoms with Crippen LogP contribution in [0.25, 0.3) is 0 Å². The van der Waals surface area contributed by atoms with E-state index in [1.807, 2.05) is 71.7 Å². The van der Waals surface area contributed by atoms with E-state index < -0.39 is 5.41 Å². The molecule has 0 aromatic heterocycles. The van der Waals surface area contributed by atoms with E-state index in [4.69, 9.17) is 11.6 Å². The molecule has 172 valence electrons. The summed E-state index contributed by atoms with van der Waals surface area (Å²) in [5.41, 5.74) is 3.48. The van der Waals surface area contributed by atoms with Crippen LogP contribution in [0.2, 0.25) is 5.02 Å². The quantitative estimate of drug-likeness (QED) is 0.406. The SMILES string of the molecule is CCN(CC)CC[C@@]1(c2ccccc2)C(=O)N(N(C)Cc2ccc(Cl)cc2)c2ccccc21. The summed E-state index contributed by atoms with van der Waals surface area (Å²) in [6, 6.07) is 26.3. The number of carbonyl (C=O) groups excluding carboxylic acids is 1. The predicted octanol–water partition coefficient (Wildman–Crippen LogP) is 5.75. The normalized spacial score (nSPS) is 17.8. The Kier molecular flexibility index (Phi) is 7.18. The Morgan fingerprint density at radius 2 is 1.52 bits per heavy atom. The molecule has 0 unspecified atom stereocenters. The number of rotatable bonds is 9. The van der Waals surface area contributed by atoms with Crippen LogP contribution in [0.4, 0.5) is 5.69 Å². The largest absolute Gasteiger partial charge is 0.304 e. The molecule has 1 heterocycles. The number of fused-ring (bicyclic) bond motifs is 1.